The van der Waals surface area contributed by atoms with Crippen LogP contribution in [0.25, 0.3) is 0 Å². The molecule has 2 atom stereocenters. The maximum Gasteiger partial charge on any atom is 0.123 e. The molecule has 0 radical (unpaired) electrons. The Balaban J connectivity index is 1.88. The highest BCUT2D eigenvalue weighted by molar-refractivity contribution is 5.37. The first kappa shape index (κ1) is 12.9. The number of hydrazine groups is 1. The largest absolute Gasteiger partial charge is 0.496 e. The predicted molar refractivity (Wildman–Crippen MR) is 74.9 cm³/mol. The number of piperazine rings is 3. The van der Waals surface area contributed by atoms with Crippen molar-refractivity contribution in [1.82, 2.24) is 15.2 Å². The first-order chi connectivity index (χ1) is 9.33. The van der Waals surface area contributed by atoms with Gasteiger partial charge in [-0.15, -0.1) is 0 Å². The van der Waals surface area contributed by atoms with E-state index >= 15 is 0 Å². The van der Waals surface area contributed by atoms with Gasteiger partial charge in [0.1, 0.15) is 5.75 Å². The van der Waals surface area contributed by atoms with Gasteiger partial charge in [0.15, 0.2) is 0 Å². The van der Waals surface area contributed by atoms with Gasteiger partial charge in [0.2, 0.25) is 0 Å². The van der Waals surface area contributed by atoms with Gasteiger partial charge in [-0.1, -0.05) is 18.2 Å². The zero-order valence-electron chi connectivity index (χ0n) is 11.4. The fraction of sp³-hybridized carbons (Fsp3) is 0.571. The first-order valence-corrected chi connectivity index (χ1v) is 6.89. The third-order valence-electron chi connectivity index (χ3n) is 4.36. The molecule has 3 N–H and O–H groups in total. The minimum absolute atomic E-state index is 0.110. The molecule has 5 nitrogen and oxygen atoms in total. The van der Waals surface area contributed by atoms with Crippen LogP contribution in [0.3, 0.4) is 0 Å². The average molecular weight is 262 g/mol. The Hall–Kier alpha value is -1.14. The molecule has 2 bridgehead atoms. The predicted octanol–water partition coefficient (Wildman–Crippen LogP) is 0.199. The lowest BCUT2D eigenvalue weighted by molar-refractivity contribution is -0.00400. The fourth-order valence-corrected chi connectivity index (χ4v) is 3.31. The van der Waals surface area contributed by atoms with E-state index in [1.165, 1.54) is 13.1 Å². The molecule has 3 heterocycles. The van der Waals surface area contributed by atoms with E-state index < -0.39 is 0 Å². The van der Waals surface area contributed by atoms with Crippen LogP contribution >= 0.6 is 0 Å². The molecule has 4 rings (SSSR count). The minimum atomic E-state index is 0.110. The van der Waals surface area contributed by atoms with Crippen molar-refractivity contribution in [3.05, 3.63) is 29.8 Å². The zero-order chi connectivity index (χ0) is 13.2. The Labute approximate surface area is 114 Å². The summed E-state index contributed by atoms with van der Waals surface area (Å²) in [5.74, 6) is 6.75. The smallest absolute Gasteiger partial charge is 0.123 e. The van der Waals surface area contributed by atoms with E-state index in [4.69, 9.17) is 10.6 Å². The second-order valence-electron chi connectivity index (χ2n) is 5.29. The van der Waals surface area contributed by atoms with Crippen molar-refractivity contribution in [2.45, 2.75) is 12.1 Å². The van der Waals surface area contributed by atoms with Gasteiger partial charge in [-0.3, -0.25) is 21.1 Å². The summed E-state index contributed by atoms with van der Waals surface area (Å²) in [7, 11) is 1.71. The van der Waals surface area contributed by atoms with Gasteiger partial charge in [-0.25, -0.2) is 0 Å². The normalized spacial score (nSPS) is 31.2. The van der Waals surface area contributed by atoms with Crippen molar-refractivity contribution >= 4 is 0 Å². The summed E-state index contributed by atoms with van der Waals surface area (Å²) < 4.78 is 5.47. The lowest BCUT2D eigenvalue weighted by Crippen LogP contribution is -2.64. The second-order valence-corrected chi connectivity index (χ2v) is 5.29. The number of nitrogens with one attached hydrogen (secondary N) is 1. The summed E-state index contributed by atoms with van der Waals surface area (Å²) in [6.45, 7) is 5.71. The third-order valence-corrected chi connectivity index (χ3v) is 4.36. The molecule has 104 valence electrons. The molecule has 0 amide bonds. The summed E-state index contributed by atoms with van der Waals surface area (Å²) in [6, 6.07) is 8.66. The summed E-state index contributed by atoms with van der Waals surface area (Å²) in [5.41, 5.74) is 4.14. The van der Waals surface area contributed by atoms with Gasteiger partial charge < -0.3 is 4.74 Å². The number of para-hydroxylation sites is 1. The Kier molecular flexibility index (Phi) is 3.70. The van der Waals surface area contributed by atoms with Crippen LogP contribution < -0.4 is 16.0 Å². The summed E-state index contributed by atoms with van der Waals surface area (Å²) in [5, 5.41) is 0. The van der Waals surface area contributed by atoms with Crippen molar-refractivity contribution < 1.29 is 4.74 Å². The molecule has 0 spiro atoms. The molecule has 3 saturated heterocycles. The van der Waals surface area contributed by atoms with Crippen LogP contribution in [-0.4, -0.2) is 55.7 Å². The van der Waals surface area contributed by atoms with E-state index in [1.54, 1.807) is 7.11 Å². The molecule has 1 aromatic rings. The van der Waals surface area contributed by atoms with Gasteiger partial charge in [0, 0.05) is 44.3 Å². The van der Waals surface area contributed by atoms with Crippen LogP contribution in [-0.2, 0) is 0 Å². The lowest BCUT2D eigenvalue weighted by Gasteiger charge is -2.50. The maximum absolute atomic E-state index is 5.84. The molecule has 0 aliphatic carbocycles. The number of nitrogens with two attached hydrogens (primary N) is 1. The van der Waals surface area contributed by atoms with E-state index in [9.17, 15) is 0 Å². The van der Waals surface area contributed by atoms with E-state index in [2.05, 4.69) is 21.3 Å². The van der Waals surface area contributed by atoms with Gasteiger partial charge in [0.05, 0.1) is 13.2 Å². The number of ether oxygens (including phenoxy) is 1. The van der Waals surface area contributed by atoms with Crippen molar-refractivity contribution in [2.24, 2.45) is 5.84 Å². The molecule has 0 saturated carbocycles. The number of hydrogen-bond donors (Lipinski definition) is 2. The van der Waals surface area contributed by atoms with Gasteiger partial charge in [-0.05, 0) is 6.07 Å². The molecule has 1 aromatic carbocycles. The monoisotopic (exact) mass is 262 g/mol. The highest BCUT2D eigenvalue weighted by Gasteiger charge is 2.37. The van der Waals surface area contributed by atoms with Crippen LogP contribution in [0.2, 0.25) is 0 Å². The van der Waals surface area contributed by atoms with E-state index in [1.807, 2.05) is 18.2 Å². The maximum atomic E-state index is 5.84. The number of methoxy groups -OCH3 is 1. The van der Waals surface area contributed by atoms with Crippen molar-refractivity contribution in [1.29, 1.82) is 0 Å². The summed E-state index contributed by atoms with van der Waals surface area (Å²) in [6.07, 6.45) is 0. The first-order valence-electron chi connectivity index (χ1n) is 6.89. The van der Waals surface area contributed by atoms with Crippen molar-refractivity contribution in [3.8, 4) is 5.75 Å². The summed E-state index contributed by atoms with van der Waals surface area (Å²) in [4.78, 5) is 5.06. The van der Waals surface area contributed by atoms with Gasteiger partial charge >= 0.3 is 0 Å². The quantitative estimate of drug-likeness (QED) is 0.600. The number of benzene rings is 1. The second kappa shape index (κ2) is 5.46. The Morgan fingerprint density at radius 2 is 2.00 bits per heavy atom. The average Bonchev–Trinajstić information content (AvgIpc) is 2.50. The minimum Gasteiger partial charge on any atom is -0.496 e. The van der Waals surface area contributed by atoms with Crippen LogP contribution in [0, 0.1) is 0 Å². The Bertz CT molecular complexity index is 431. The number of rotatable bonds is 4. The molecular formula is C14H22N4O. The SMILES string of the molecule is COc1ccccc1C(NN)C1CN2CCN1CC2. The molecule has 3 fully saturated rings. The van der Waals surface area contributed by atoms with Crippen LogP contribution in [0.1, 0.15) is 11.6 Å². The molecule has 3 aliphatic heterocycles. The Morgan fingerprint density at radius 1 is 1.26 bits per heavy atom. The number of hydrogen-bond acceptors (Lipinski definition) is 5. The fourth-order valence-electron chi connectivity index (χ4n) is 3.31. The highest BCUT2D eigenvalue weighted by Crippen LogP contribution is 2.31. The summed E-state index contributed by atoms with van der Waals surface area (Å²) >= 11 is 0. The molecule has 19 heavy (non-hydrogen) atoms. The van der Waals surface area contributed by atoms with E-state index in [-0.39, 0.29) is 6.04 Å². The van der Waals surface area contributed by atoms with Gasteiger partial charge in [-0.2, -0.15) is 0 Å². The Morgan fingerprint density at radius 3 is 2.58 bits per heavy atom. The van der Waals surface area contributed by atoms with Crippen LogP contribution in [0.15, 0.2) is 24.3 Å². The zero-order valence-corrected chi connectivity index (χ0v) is 11.4. The number of nitrogens with zero attached hydrogens (tertiary/aromatic N) is 2. The molecule has 2 unspecified atom stereocenters. The molecule has 0 aromatic heterocycles. The third kappa shape index (κ3) is 2.34. The van der Waals surface area contributed by atoms with Crippen LogP contribution in [0.5, 0.6) is 5.75 Å². The van der Waals surface area contributed by atoms with Crippen molar-refractivity contribution in [2.75, 3.05) is 39.8 Å². The topological polar surface area (TPSA) is 53.8 Å². The van der Waals surface area contributed by atoms with Crippen molar-refractivity contribution in [3.63, 3.8) is 0 Å². The molecule has 5 heteroatoms. The van der Waals surface area contributed by atoms with Crippen LogP contribution in [0.4, 0.5) is 0 Å². The number of fused-ring (bicyclic) bond motifs is 3. The standard InChI is InChI=1S/C14H22N4O/c1-19-13-5-3-2-4-11(13)14(16-15)12-10-17-6-8-18(12)9-7-17/h2-5,12,14,16H,6-10,15H2,1H3. The van der Waals surface area contributed by atoms with E-state index in [0.29, 0.717) is 6.04 Å². The molecule has 3 aliphatic rings. The highest BCUT2D eigenvalue weighted by atomic mass is 16.5. The van der Waals surface area contributed by atoms with Gasteiger partial charge in [0.25, 0.3) is 0 Å². The van der Waals surface area contributed by atoms with E-state index in [0.717, 1.165) is 30.9 Å². The lowest BCUT2D eigenvalue weighted by atomic mass is 9.94. The molecular weight excluding hydrogens is 240 g/mol.